The zero-order valence-corrected chi connectivity index (χ0v) is 11.3. The largest absolute Gasteiger partial charge is 0.480 e. The SMILES string of the molecule is CCC[C@@H](NC(=O)N(CCCO)C(C)C)C(=O)O. The van der Waals surface area contributed by atoms with Crippen LogP contribution in [0.5, 0.6) is 0 Å². The summed E-state index contributed by atoms with van der Waals surface area (Å²) in [7, 11) is 0. The first-order valence-corrected chi connectivity index (χ1v) is 6.34. The minimum absolute atomic E-state index is 0.00776. The van der Waals surface area contributed by atoms with Crippen LogP contribution in [0.1, 0.15) is 40.0 Å². The van der Waals surface area contributed by atoms with E-state index in [0.717, 1.165) is 0 Å². The summed E-state index contributed by atoms with van der Waals surface area (Å²) in [6.45, 7) is 6.00. The molecule has 0 saturated carbocycles. The number of aliphatic hydroxyl groups excluding tert-OH is 1. The second-order valence-corrected chi connectivity index (χ2v) is 4.49. The molecule has 0 fully saturated rings. The van der Waals surface area contributed by atoms with E-state index in [0.29, 0.717) is 25.8 Å². The Hall–Kier alpha value is -1.30. The Kier molecular flexibility index (Phi) is 8.11. The van der Waals surface area contributed by atoms with Crippen molar-refractivity contribution in [2.24, 2.45) is 0 Å². The molecule has 0 rings (SSSR count). The van der Waals surface area contributed by atoms with Gasteiger partial charge in [-0.2, -0.15) is 0 Å². The lowest BCUT2D eigenvalue weighted by molar-refractivity contribution is -0.139. The molecule has 0 spiro atoms. The van der Waals surface area contributed by atoms with Gasteiger partial charge in [-0.05, 0) is 26.7 Å². The van der Waals surface area contributed by atoms with E-state index in [4.69, 9.17) is 10.2 Å². The van der Waals surface area contributed by atoms with Crippen LogP contribution in [0, 0.1) is 0 Å². The predicted molar refractivity (Wildman–Crippen MR) is 68.4 cm³/mol. The van der Waals surface area contributed by atoms with Gasteiger partial charge in [0.1, 0.15) is 6.04 Å². The number of carboxylic acid groups (broad SMARTS) is 1. The second-order valence-electron chi connectivity index (χ2n) is 4.49. The van der Waals surface area contributed by atoms with Crippen molar-refractivity contribution in [3.8, 4) is 0 Å². The number of hydrogen-bond acceptors (Lipinski definition) is 3. The Morgan fingerprint density at radius 2 is 1.94 bits per heavy atom. The number of nitrogens with zero attached hydrogens (tertiary/aromatic N) is 1. The number of rotatable bonds is 8. The standard InChI is InChI=1S/C12H24N2O4/c1-4-6-10(11(16)17)13-12(18)14(9(2)3)7-5-8-15/h9-10,15H,4-8H2,1-3H3,(H,13,18)(H,16,17)/t10-/m1/s1. The van der Waals surface area contributed by atoms with Crippen LogP contribution in [0.4, 0.5) is 4.79 Å². The maximum atomic E-state index is 12.0. The van der Waals surface area contributed by atoms with Crippen molar-refractivity contribution in [2.45, 2.75) is 52.1 Å². The Morgan fingerprint density at radius 3 is 2.33 bits per heavy atom. The molecule has 0 aromatic carbocycles. The topological polar surface area (TPSA) is 89.9 Å². The zero-order valence-electron chi connectivity index (χ0n) is 11.3. The van der Waals surface area contributed by atoms with E-state index in [-0.39, 0.29) is 18.7 Å². The minimum Gasteiger partial charge on any atom is -0.480 e. The van der Waals surface area contributed by atoms with E-state index in [1.807, 2.05) is 20.8 Å². The molecule has 6 heteroatoms. The Bertz CT molecular complexity index is 269. The van der Waals surface area contributed by atoms with Crippen LogP contribution < -0.4 is 5.32 Å². The van der Waals surface area contributed by atoms with Crippen molar-refractivity contribution in [3.05, 3.63) is 0 Å². The van der Waals surface area contributed by atoms with Crippen LogP contribution in [0.15, 0.2) is 0 Å². The molecule has 1 atom stereocenters. The van der Waals surface area contributed by atoms with E-state index in [1.165, 1.54) is 4.90 Å². The second kappa shape index (κ2) is 8.74. The lowest BCUT2D eigenvalue weighted by Gasteiger charge is -2.28. The van der Waals surface area contributed by atoms with Crippen LogP contribution in [0.25, 0.3) is 0 Å². The Labute approximate surface area is 108 Å². The van der Waals surface area contributed by atoms with Gasteiger partial charge in [0, 0.05) is 19.2 Å². The van der Waals surface area contributed by atoms with Crippen molar-refractivity contribution < 1.29 is 19.8 Å². The smallest absolute Gasteiger partial charge is 0.326 e. The van der Waals surface area contributed by atoms with Crippen molar-refractivity contribution in [2.75, 3.05) is 13.2 Å². The summed E-state index contributed by atoms with van der Waals surface area (Å²) < 4.78 is 0. The highest BCUT2D eigenvalue weighted by atomic mass is 16.4. The van der Waals surface area contributed by atoms with Gasteiger partial charge in [0.25, 0.3) is 0 Å². The molecule has 2 amide bonds. The summed E-state index contributed by atoms with van der Waals surface area (Å²) >= 11 is 0. The minimum atomic E-state index is -1.02. The van der Waals surface area contributed by atoms with Crippen LogP contribution in [0.3, 0.4) is 0 Å². The molecule has 6 nitrogen and oxygen atoms in total. The first-order valence-electron chi connectivity index (χ1n) is 6.34. The molecule has 0 radical (unpaired) electrons. The summed E-state index contributed by atoms with van der Waals surface area (Å²) in [5.74, 6) is -1.02. The molecule has 18 heavy (non-hydrogen) atoms. The lowest BCUT2D eigenvalue weighted by atomic mass is 10.2. The van der Waals surface area contributed by atoms with Crippen molar-refractivity contribution in [1.82, 2.24) is 10.2 Å². The monoisotopic (exact) mass is 260 g/mol. The summed E-state index contributed by atoms with van der Waals surface area (Å²) in [6.07, 6.45) is 1.58. The number of hydrogen-bond donors (Lipinski definition) is 3. The van der Waals surface area contributed by atoms with E-state index in [2.05, 4.69) is 5.32 Å². The van der Waals surface area contributed by atoms with Gasteiger partial charge in [-0.3, -0.25) is 0 Å². The number of nitrogens with one attached hydrogen (secondary N) is 1. The molecule has 0 aromatic heterocycles. The van der Waals surface area contributed by atoms with Gasteiger partial charge in [0.05, 0.1) is 0 Å². The molecular formula is C12H24N2O4. The number of aliphatic carboxylic acids is 1. The van der Waals surface area contributed by atoms with Gasteiger partial charge in [-0.25, -0.2) is 9.59 Å². The average molecular weight is 260 g/mol. The van der Waals surface area contributed by atoms with Gasteiger partial charge < -0.3 is 20.4 Å². The van der Waals surface area contributed by atoms with Gasteiger partial charge in [-0.15, -0.1) is 0 Å². The molecule has 0 bridgehead atoms. The summed E-state index contributed by atoms with van der Waals surface area (Å²) in [5.41, 5.74) is 0. The number of amides is 2. The molecule has 0 aliphatic heterocycles. The number of carboxylic acids is 1. The molecule has 106 valence electrons. The van der Waals surface area contributed by atoms with Crippen molar-refractivity contribution in [3.63, 3.8) is 0 Å². The average Bonchev–Trinajstić information content (AvgIpc) is 2.28. The summed E-state index contributed by atoms with van der Waals surface area (Å²) in [5, 5.41) is 20.3. The van der Waals surface area contributed by atoms with Gasteiger partial charge in [0.15, 0.2) is 0 Å². The quantitative estimate of drug-likeness (QED) is 0.608. The van der Waals surface area contributed by atoms with Crippen LogP contribution in [-0.2, 0) is 4.79 Å². The number of carbonyl (C=O) groups excluding carboxylic acids is 1. The molecule has 3 N–H and O–H groups in total. The fourth-order valence-electron chi connectivity index (χ4n) is 1.61. The molecular weight excluding hydrogens is 236 g/mol. The van der Waals surface area contributed by atoms with E-state index in [1.54, 1.807) is 0 Å². The normalized spacial score (nSPS) is 12.3. The highest BCUT2D eigenvalue weighted by Gasteiger charge is 2.23. The highest BCUT2D eigenvalue weighted by molar-refractivity contribution is 5.82. The fourth-order valence-corrected chi connectivity index (χ4v) is 1.61. The Morgan fingerprint density at radius 1 is 1.33 bits per heavy atom. The summed E-state index contributed by atoms with van der Waals surface area (Å²) in [4.78, 5) is 24.4. The zero-order chi connectivity index (χ0) is 14.1. The molecule has 0 unspecified atom stereocenters. The maximum Gasteiger partial charge on any atom is 0.326 e. The third kappa shape index (κ3) is 5.86. The summed E-state index contributed by atoms with van der Waals surface area (Å²) in [6, 6.07) is -1.27. The Balaban J connectivity index is 4.51. The molecule has 0 heterocycles. The first kappa shape index (κ1) is 16.7. The van der Waals surface area contributed by atoms with Crippen molar-refractivity contribution in [1.29, 1.82) is 0 Å². The number of carbonyl (C=O) groups is 2. The third-order valence-corrected chi connectivity index (χ3v) is 2.61. The highest BCUT2D eigenvalue weighted by Crippen LogP contribution is 2.03. The van der Waals surface area contributed by atoms with Crippen LogP contribution >= 0.6 is 0 Å². The van der Waals surface area contributed by atoms with Gasteiger partial charge >= 0.3 is 12.0 Å². The van der Waals surface area contributed by atoms with E-state index in [9.17, 15) is 9.59 Å². The van der Waals surface area contributed by atoms with Crippen LogP contribution in [0.2, 0.25) is 0 Å². The fraction of sp³-hybridized carbons (Fsp3) is 0.833. The molecule has 0 aliphatic rings. The number of aliphatic hydroxyl groups is 1. The van der Waals surface area contributed by atoms with E-state index >= 15 is 0 Å². The molecule has 0 aliphatic carbocycles. The van der Waals surface area contributed by atoms with Crippen molar-refractivity contribution >= 4 is 12.0 Å². The van der Waals surface area contributed by atoms with Crippen LogP contribution in [-0.4, -0.2) is 52.3 Å². The number of urea groups is 1. The molecule has 0 saturated heterocycles. The third-order valence-electron chi connectivity index (χ3n) is 2.61. The predicted octanol–water partition coefficient (Wildman–Crippen LogP) is 1.04. The van der Waals surface area contributed by atoms with Gasteiger partial charge in [0.2, 0.25) is 0 Å². The lowest BCUT2D eigenvalue weighted by Crippen LogP contribution is -2.50. The molecule has 0 aromatic rings. The first-order chi connectivity index (χ1) is 8.43. The van der Waals surface area contributed by atoms with Gasteiger partial charge in [-0.1, -0.05) is 13.3 Å². The maximum absolute atomic E-state index is 12.0. The van der Waals surface area contributed by atoms with E-state index < -0.39 is 12.0 Å².